The molecule has 1 aliphatic rings. The van der Waals surface area contributed by atoms with Gasteiger partial charge in [0, 0.05) is 39.6 Å². The summed E-state index contributed by atoms with van der Waals surface area (Å²) in [6, 6.07) is 13.8. The molecule has 0 saturated heterocycles. The minimum absolute atomic E-state index is 0.462. The summed E-state index contributed by atoms with van der Waals surface area (Å²) < 4.78 is 0. The van der Waals surface area contributed by atoms with Gasteiger partial charge in [-0.15, -0.1) is 0 Å². The highest BCUT2D eigenvalue weighted by Crippen LogP contribution is 2.37. The molecule has 1 aliphatic heterocycles. The fourth-order valence-electron chi connectivity index (χ4n) is 3.84. The largest absolute Gasteiger partial charge is 0.324 e. The van der Waals surface area contributed by atoms with E-state index in [1.165, 1.54) is 5.56 Å². The van der Waals surface area contributed by atoms with Gasteiger partial charge in [0.25, 0.3) is 0 Å². The van der Waals surface area contributed by atoms with Crippen LogP contribution in [-0.4, -0.2) is 41.6 Å². The van der Waals surface area contributed by atoms with Crippen molar-refractivity contribution in [3.05, 3.63) is 75.4 Å². The molecule has 0 aliphatic carbocycles. The van der Waals surface area contributed by atoms with Crippen molar-refractivity contribution < 1.29 is 4.84 Å². The number of fused-ring (bicyclic) bond motifs is 1. The van der Waals surface area contributed by atoms with E-state index >= 15 is 0 Å². The molecule has 0 fully saturated rings. The monoisotopic (exact) mass is 483 g/mol. The molecular weight excluding hydrogens is 457 g/mol. The highest BCUT2D eigenvalue weighted by Gasteiger charge is 2.24. The van der Waals surface area contributed by atoms with Crippen molar-refractivity contribution in [3.63, 3.8) is 0 Å². The minimum Gasteiger partial charge on any atom is -0.324 e. The van der Waals surface area contributed by atoms with Crippen molar-refractivity contribution in [3.8, 4) is 0 Å². The SMILES string of the molecule is CCN(CC)Cc1ccc(Nc2ncc3c(n2)N(OC)CC(c2c(Cl)cccc2Cl)=C3)cc1. The zero-order valence-corrected chi connectivity index (χ0v) is 20.5. The van der Waals surface area contributed by atoms with Gasteiger partial charge in [0.15, 0.2) is 5.82 Å². The summed E-state index contributed by atoms with van der Waals surface area (Å²) in [6.45, 7) is 7.83. The predicted molar refractivity (Wildman–Crippen MR) is 137 cm³/mol. The summed E-state index contributed by atoms with van der Waals surface area (Å²) in [6.07, 6.45) is 3.78. The molecule has 3 aromatic rings. The fraction of sp³-hybridized carbons (Fsp3) is 0.280. The van der Waals surface area contributed by atoms with Gasteiger partial charge in [-0.1, -0.05) is 55.2 Å². The Morgan fingerprint density at radius 2 is 1.76 bits per heavy atom. The Balaban J connectivity index is 1.56. The Morgan fingerprint density at radius 3 is 2.39 bits per heavy atom. The standard InChI is InChI=1S/C25H27Cl2N5O/c1-4-31(5-2)15-17-9-11-20(12-10-17)29-25-28-14-18-13-19(16-32(33-3)24(18)30-25)23-21(26)7-6-8-22(23)27/h6-14H,4-5,15-16H2,1-3H3,(H,28,29,30). The number of hydrogen-bond donors (Lipinski definition) is 1. The Bertz CT molecular complexity index is 1130. The predicted octanol–water partition coefficient (Wildman–Crippen LogP) is 6.29. The Labute approximate surface area is 204 Å². The van der Waals surface area contributed by atoms with Crippen LogP contribution in [0.3, 0.4) is 0 Å². The van der Waals surface area contributed by atoms with Gasteiger partial charge >= 0.3 is 0 Å². The third-order valence-corrected chi connectivity index (χ3v) is 6.32. The molecule has 0 bridgehead atoms. The molecule has 172 valence electrons. The highest BCUT2D eigenvalue weighted by atomic mass is 35.5. The smallest absolute Gasteiger partial charge is 0.229 e. The van der Waals surface area contributed by atoms with E-state index in [2.05, 4.69) is 41.2 Å². The van der Waals surface area contributed by atoms with E-state index in [0.717, 1.165) is 42.0 Å². The van der Waals surface area contributed by atoms with Gasteiger partial charge in [-0.05, 0) is 54.6 Å². The van der Waals surface area contributed by atoms with Crippen LogP contribution in [0.15, 0.2) is 48.7 Å². The van der Waals surface area contributed by atoms with Crippen molar-refractivity contribution in [2.24, 2.45) is 0 Å². The first kappa shape index (κ1) is 23.5. The lowest BCUT2D eigenvalue weighted by Crippen LogP contribution is -2.28. The number of benzene rings is 2. The molecule has 2 aromatic carbocycles. The molecule has 0 atom stereocenters. The fourth-order valence-corrected chi connectivity index (χ4v) is 4.48. The first-order valence-corrected chi connectivity index (χ1v) is 11.7. The molecule has 1 N–H and O–H groups in total. The molecule has 2 heterocycles. The number of anilines is 3. The van der Waals surface area contributed by atoms with Crippen LogP contribution in [-0.2, 0) is 11.4 Å². The third-order valence-electron chi connectivity index (χ3n) is 5.69. The van der Waals surface area contributed by atoms with Crippen LogP contribution in [0.25, 0.3) is 11.6 Å². The highest BCUT2D eigenvalue weighted by molar-refractivity contribution is 6.38. The van der Waals surface area contributed by atoms with E-state index in [1.54, 1.807) is 18.4 Å². The summed E-state index contributed by atoms with van der Waals surface area (Å²) in [5, 5.41) is 6.19. The first-order valence-electron chi connectivity index (χ1n) is 10.9. The molecule has 0 unspecified atom stereocenters. The van der Waals surface area contributed by atoms with E-state index in [4.69, 9.17) is 33.0 Å². The second-order valence-electron chi connectivity index (χ2n) is 7.74. The third kappa shape index (κ3) is 5.31. The minimum atomic E-state index is 0.462. The number of hydrogen-bond acceptors (Lipinski definition) is 6. The van der Waals surface area contributed by atoms with Crippen molar-refractivity contribution in [2.75, 3.05) is 37.1 Å². The number of nitrogens with zero attached hydrogens (tertiary/aromatic N) is 4. The average molecular weight is 484 g/mol. The topological polar surface area (TPSA) is 53.5 Å². The quantitative estimate of drug-likeness (QED) is 0.406. The summed E-state index contributed by atoms with van der Waals surface area (Å²) in [5.41, 5.74) is 4.76. The van der Waals surface area contributed by atoms with Crippen molar-refractivity contribution in [1.29, 1.82) is 0 Å². The van der Waals surface area contributed by atoms with Crippen LogP contribution in [0.4, 0.5) is 17.5 Å². The lowest BCUT2D eigenvalue weighted by molar-refractivity contribution is 0.173. The lowest BCUT2D eigenvalue weighted by atomic mass is 10.0. The maximum Gasteiger partial charge on any atom is 0.229 e. The summed E-state index contributed by atoms with van der Waals surface area (Å²) in [5.74, 6) is 1.18. The lowest BCUT2D eigenvalue weighted by Gasteiger charge is -2.28. The first-order chi connectivity index (χ1) is 16.0. The van der Waals surface area contributed by atoms with Crippen LogP contribution >= 0.6 is 23.2 Å². The Kier molecular flexibility index (Phi) is 7.50. The molecule has 0 saturated carbocycles. The summed E-state index contributed by atoms with van der Waals surface area (Å²) >= 11 is 12.8. The normalized spacial score (nSPS) is 13.2. The van der Waals surface area contributed by atoms with Gasteiger partial charge in [-0.2, -0.15) is 4.98 Å². The van der Waals surface area contributed by atoms with Crippen LogP contribution in [0.2, 0.25) is 10.0 Å². The van der Waals surface area contributed by atoms with Gasteiger partial charge in [0.1, 0.15) is 0 Å². The second-order valence-corrected chi connectivity index (χ2v) is 8.56. The summed E-state index contributed by atoms with van der Waals surface area (Å²) in [7, 11) is 1.62. The van der Waals surface area contributed by atoms with E-state index in [9.17, 15) is 0 Å². The van der Waals surface area contributed by atoms with Crippen LogP contribution < -0.4 is 10.4 Å². The Morgan fingerprint density at radius 1 is 1.06 bits per heavy atom. The number of aromatic nitrogens is 2. The van der Waals surface area contributed by atoms with E-state index in [-0.39, 0.29) is 0 Å². The van der Waals surface area contributed by atoms with E-state index in [1.807, 2.05) is 36.4 Å². The molecule has 0 amide bonds. The Hall–Kier alpha value is -2.64. The zero-order valence-electron chi connectivity index (χ0n) is 19.0. The average Bonchev–Trinajstić information content (AvgIpc) is 2.83. The molecule has 0 spiro atoms. The molecule has 33 heavy (non-hydrogen) atoms. The van der Waals surface area contributed by atoms with Gasteiger partial charge < -0.3 is 5.32 Å². The molecule has 8 heteroatoms. The van der Waals surface area contributed by atoms with E-state index < -0.39 is 0 Å². The maximum atomic E-state index is 6.42. The molecule has 0 radical (unpaired) electrons. The van der Waals surface area contributed by atoms with Crippen LogP contribution in [0.5, 0.6) is 0 Å². The van der Waals surface area contributed by atoms with Crippen LogP contribution in [0, 0.1) is 0 Å². The van der Waals surface area contributed by atoms with Gasteiger partial charge in [0.05, 0.1) is 13.7 Å². The maximum absolute atomic E-state index is 6.42. The number of rotatable bonds is 8. The molecule has 6 nitrogen and oxygen atoms in total. The molecule has 1 aromatic heterocycles. The number of nitrogens with one attached hydrogen (secondary N) is 1. The van der Waals surface area contributed by atoms with Crippen molar-refractivity contribution in [2.45, 2.75) is 20.4 Å². The van der Waals surface area contributed by atoms with Crippen LogP contribution in [0.1, 0.15) is 30.5 Å². The molecular formula is C25H27Cl2N5O. The van der Waals surface area contributed by atoms with Crippen molar-refractivity contribution in [1.82, 2.24) is 14.9 Å². The van der Waals surface area contributed by atoms with Gasteiger partial charge in [0.2, 0.25) is 5.95 Å². The second kappa shape index (κ2) is 10.5. The van der Waals surface area contributed by atoms with Crippen molar-refractivity contribution >= 4 is 52.3 Å². The summed E-state index contributed by atoms with van der Waals surface area (Å²) in [4.78, 5) is 17.2. The van der Waals surface area contributed by atoms with E-state index in [0.29, 0.717) is 28.4 Å². The zero-order chi connectivity index (χ0) is 23.4. The van der Waals surface area contributed by atoms with Gasteiger partial charge in [-0.3, -0.25) is 9.74 Å². The molecule has 4 rings (SSSR count). The number of hydroxylamine groups is 1. The van der Waals surface area contributed by atoms with Gasteiger partial charge in [-0.25, -0.2) is 10.0 Å². The number of halogens is 2.